The molecule has 0 spiro atoms. The number of nitrogens with zero attached hydrogens (tertiary/aromatic N) is 1. The Balaban J connectivity index is 2.42. The molecular formula is C14H19NO3. The number of carboxylic acids is 1. The van der Waals surface area contributed by atoms with E-state index >= 15 is 0 Å². The molecule has 0 radical (unpaired) electrons. The summed E-state index contributed by atoms with van der Waals surface area (Å²) in [6, 6.07) is 5.54. The van der Waals surface area contributed by atoms with Gasteiger partial charge in [0.15, 0.2) is 6.04 Å². The molecule has 0 aliphatic carbocycles. The van der Waals surface area contributed by atoms with Gasteiger partial charge < -0.3 is 14.7 Å². The molecule has 18 heavy (non-hydrogen) atoms. The first-order chi connectivity index (χ1) is 8.65. The highest BCUT2D eigenvalue weighted by molar-refractivity contribution is 5.80. The van der Waals surface area contributed by atoms with Crippen molar-refractivity contribution < 1.29 is 14.6 Å². The first kappa shape index (κ1) is 12.9. The van der Waals surface area contributed by atoms with E-state index in [1.807, 2.05) is 24.0 Å². The first-order valence-corrected chi connectivity index (χ1v) is 6.30. The van der Waals surface area contributed by atoms with Crippen molar-refractivity contribution in [3.63, 3.8) is 0 Å². The van der Waals surface area contributed by atoms with Crippen LogP contribution >= 0.6 is 0 Å². The van der Waals surface area contributed by atoms with Crippen molar-refractivity contribution in [2.24, 2.45) is 0 Å². The lowest BCUT2D eigenvalue weighted by atomic mass is 10.0. The van der Waals surface area contributed by atoms with Crippen molar-refractivity contribution in [3.8, 4) is 0 Å². The summed E-state index contributed by atoms with van der Waals surface area (Å²) in [6.45, 7) is 5.60. The molecule has 0 amide bonds. The topological polar surface area (TPSA) is 49.8 Å². The maximum atomic E-state index is 11.3. The molecule has 1 aliphatic rings. The standard InChI is InChI=1S/C14H19NO3/c1-3-11-6-4-5-10(2)13(11)15-7-8-18-9-12(15)14(16)17/h4-6,12H,3,7-9H2,1-2H3,(H,16,17). The Morgan fingerprint density at radius 3 is 3.00 bits per heavy atom. The van der Waals surface area contributed by atoms with Crippen molar-refractivity contribution in [2.75, 3.05) is 24.7 Å². The Hall–Kier alpha value is -1.55. The number of rotatable bonds is 3. The van der Waals surface area contributed by atoms with Gasteiger partial charge in [-0.3, -0.25) is 0 Å². The smallest absolute Gasteiger partial charge is 0.328 e. The maximum absolute atomic E-state index is 11.3. The highest BCUT2D eigenvalue weighted by atomic mass is 16.5. The number of hydrogen-bond donors (Lipinski definition) is 1. The second-order valence-corrected chi connectivity index (χ2v) is 4.56. The third-order valence-electron chi connectivity index (χ3n) is 3.40. The number of carbonyl (C=O) groups is 1. The van der Waals surface area contributed by atoms with Gasteiger partial charge in [0, 0.05) is 12.2 Å². The molecule has 98 valence electrons. The second-order valence-electron chi connectivity index (χ2n) is 4.56. The molecule has 0 aromatic heterocycles. The van der Waals surface area contributed by atoms with Crippen LogP contribution in [-0.4, -0.2) is 36.9 Å². The van der Waals surface area contributed by atoms with Crippen LogP contribution in [0.15, 0.2) is 18.2 Å². The van der Waals surface area contributed by atoms with E-state index in [0.717, 1.165) is 17.7 Å². The summed E-state index contributed by atoms with van der Waals surface area (Å²) in [7, 11) is 0. The van der Waals surface area contributed by atoms with E-state index < -0.39 is 12.0 Å². The minimum absolute atomic E-state index is 0.257. The Kier molecular flexibility index (Phi) is 3.87. The number of para-hydroxylation sites is 1. The van der Waals surface area contributed by atoms with Crippen LogP contribution in [0.4, 0.5) is 5.69 Å². The van der Waals surface area contributed by atoms with E-state index in [0.29, 0.717) is 13.2 Å². The highest BCUT2D eigenvalue weighted by Gasteiger charge is 2.31. The van der Waals surface area contributed by atoms with Crippen molar-refractivity contribution in [1.82, 2.24) is 0 Å². The lowest BCUT2D eigenvalue weighted by molar-refractivity contribution is -0.141. The van der Waals surface area contributed by atoms with E-state index in [2.05, 4.69) is 13.0 Å². The van der Waals surface area contributed by atoms with Crippen LogP contribution in [-0.2, 0) is 16.0 Å². The summed E-state index contributed by atoms with van der Waals surface area (Å²) in [5, 5.41) is 9.30. The average Bonchev–Trinajstić information content (AvgIpc) is 2.38. The lowest BCUT2D eigenvalue weighted by Crippen LogP contribution is -2.50. The van der Waals surface area contributed by atoms with Gasteiger partial charge in [-0.1, -0.05) is 25.1 Å². The number of morpholine rings is 1. The van der Waals surface area contributed by atoms with Gasteiger partial charge in [-0.2, -0.15) is 0 Å². The van der Waals surface area contributed by atoms with Crippen LogP contribution in [0.25, 0.3) is 0 Å². The molecule has 4 nitrogen and oxygen atoms in total. The van der Waals surface area contributed by atoms with Crippen LogP contribution in [0.3, 0.4) is 0 Å². The third-order valence-corrected chi connectivity index (χ3v) is 3.40. The van der Waals surface area contributed by atoms with Crippen LogP contribution < -0.4 is 4.90 Å². The van der Waals surface area contributed by atoms with Gasteiger partial charge in [0.25, 0.3) is 0 Å². The molecule has 1 heterocycles. The molecule has 2 rings (SSSR count). The molecule has 1 aromatic rings. The Bertz CT molecular complexity index is 445. The van der Waals surface area contributed by atoms with E-state index in [4.69, 9.17) is 4.74 Å². The van der Waals surface area contributed by atoms with E-state index in [1.54, 1.807) is 0 Å². The van der Waals surface area contributed by atoms with Gasteiger partial charge >= 0.3 is 5.97 Å². The molecule has 0 bridgehead atoms. The van der Waals surface area contributed by atoms with Crippen molar-refractivity contribution in [1.29, 1.82) is 0 Å². The van der Waals surface area contributed by atoms with E-state index in [-0.39, 0.29) is 6.61 Å². The molecule has 4 heteroatoms. The molecule has 1 saturated heterocycles. The Morgan fingerprint density at radius 2 is 2.33 bits per heavy atom. The van der Waals surface area contributed by atoms with Gasteiger partial charge in [0.2, 0.25) is 0 Å². The summed E-state index contributed by atoms with van der Waals surface area (Å²) < 4.78 is 5.29. The molecule has 1 aromatic carbocycles. The predicted molar refractivity (Wildman–Crippen MR) is 70.1 cm³/mol. The van der Waals surface area contributed by atoms with E-state index in [9.17, 15) is 9.90 Å². The Labute approximate surface area is 107 Å². The number of aliphatic carboxylic acids is 1. The van der Waals surface area contributed by atoms with Gasteiger partial charge in [-0.05, 0) is 24.5 Å². The maximum Gasteiger partial charge on any atom is 0.328 e. The fraction of sp³-hybridized carbons (Fsp3) is 0.500. The fourth-order valence-electron chi connectivity index (χ4n) is 2.49. The number of anilines is 1. The summed E-state index contributed by atoms with van der Waals surface area (Å²) in [6.07, 6.45) is 0.903. The summed E-state index contributed by atoms with van der Waals surface area (Å²) in [5.41, 5.74) is 3.39. The van der Waals surface area contributed by atoms with E-state index in [1.165, 1.54) is 5.56 Å². The number of hydrogen-bond acceptors (Lipinski definition) is 3. The summed E-state index contributed by atoms with van der Waals surface area (Å²) >= 11 is 0. The average molecular weight is 249 g/mol. The molecule has 1 unspecified atom stereocenters. The number of ether oxygens (including phenoxy) is 1. The van der Waals surface area contributed by atoms with Gasteiger partial charge in [0.1, 0.15) is 0 Å². The van der Waals surface area contributed by atoms with Gasteiger partial charge in [-0.15, -0.1) is 0 Å². The fourth-order valence-corrected chi connectivity index (χ4v) is 2.49. The highest BCUT2D eigenvalue weighted by Crippen LogP contribution is 2.28. The predicted octanol–water partition coefficient (Wildman–Crippen LogP) is 1.85. The van der Waals surface area contributed by atoms with Crippen LogP contribution in [0.1, 0.15) is 18.1 Å². The molecule has 0 saturated carbocycles. The molecule has 1 N–H and O–H groups in total. The zero-order chi connectivity index (χ0) is 13.1. The van der Waals surface area contributed by atoms with Gasteiger partial charge in [0.05, 0.1) is 13.2 Å². The van der Waals surface area contributed by atoms with Gasteiger partial charge in [-0.25, -0.2) is 4.79 Å². The quantitative estimate of drug-likeness (QED) is 0.888. The second kappa shape index (κ2) is 5.40. The van der Waals surface area contributed by atoms with Crippen molar-refractivity contribution in [2.45, 2.75) is 26.3 Å². The molecule has 1 fully saturated rings. The minimum Gasteiger partial charge on any atom is -0.480 e. The molecule has 1 atom stereocenters. The third kappa shape index (κ3) is 2.34. The number of aryl methyl sites for hydroxylation is 2. The van der Waals surface area contributed by atoms with Crippen molar-refractivity contribution in [3.05, 3.63) is 29.3 Å². The largest absolute Gasteiger partial charge is 0.480 e. The zero-order valence-electron chi connectivity index (χ0n) is 10.8. The van der Waals surface area contributed by atoms with Crippen LogP contribution in [0, 0.1) is 6.92 Å². The van der Waals surface area contributed by atoms with Crippen LogP contribution in [0.5, 0.6) is 0 Å². The zero-order valence-corrected chi connectivity index (χ0v) is 10.8. The number of benzene rings is 1. The summed E-state index contributed by atoms with van der Waals surface area (Å²) in [4.78, 5) is 13.3. The lowest BCUT2D eigenvalue weighted by Gasteiger charge is -2.36. The number of carboxylic acid groups (broad SMARTS) is 1. The molecule has 1 aliphatic heterocycles. The summed E-state index contributed by atoms with van der Waals surface area (Å²) in [5.74, 6) is -0.819. The normalized spacial score (nSPS) is 19.9. The van der Waals surface area contributed by atoms with Crippen molar-refractivity contribution >= 4 is 11.7 Å². The minimum atomic E-state index is -0.819. The first-order valence-electron chi connectivity index (χ1n) is 6.30. The Morgan fingerprint density at radius 1 is 1.56 bits per heavy atom. The van der Waals surface area contributed by atoms with Crippen LogP contribution in [0.2, 0.25) is 0 Å². The SMILES string of the molecule is CCc1cccc(C)c1N1CCOCC1C(=O)O. The molecular weight excluding hydrogens is 230 g/mol. The monoisotopic (exact) mass is 249 g/mol.